The van der Waals surface area contributed by atoms with Crippen LogP contribution < -0.4 is 0 Å². The zero-order valence-corrected chi connectivity index (χ0v) is 13.9. The summed E-state index contributed by atoms with van der Waals surface area (Å²) in [6.07, 6.45) is 0.572. The molecule has 0 N–H and O–H groups in total. The predicted octanol–water partition coefficient (Wildman–Crippen LogP) is 4.47. The maximum absolute atomic E-state index is 11.8. The molecule has 1 unspecified atom stereocenters. The lowest BCUT2D eigenvalue weighted by Crippen LogP contribution is -2.25. The molecule has 0 spiro atoms. The number of nitrogens with zero attached hydrogens (tertiary/aromatic N) is 1. The Kier molecular flexibility index (Phi) is 7.24. The van der Waals surface area contributed by atoms with E-state index in [1.165, 1.54) is 11.1 Å². The molecule has 0 radical (unpaired) electrons. The van der Waals surface area contributed by atoms with Crippen molar-refractivity contribution in [3.8, 4) is 0 Å². The molecule has 0 heterocycles. The van der Waals surface area contributed by atoms with Crippen LogP contribution in [0.5, 0.6) is 0 Å². The fourth-order valence-corrected chi connectivity index (χ4v) is 3.19. The molecule has 0 saturated carbocycles. The second kappa shape index (κ2) is 9.47. The van der Waals surface area contributed by atoms with Gasteiger partial charge in [-0.05, 0) is 22.6 Å². The van der Waals surface area contributed by atoms with Crippen LogP contribution in [0.2, 0.25) is 0 Å². The molecule has 2 aromatic rings. The largest absolute Gasteiger partial charge is 0.509 e. The minimum atomic E-state index is -1.55. The molecule has 2 rings (SSSR count). The van der Waals surface area contributed by atoms with E-state index < -0.39 is 8.03 Å². The van der Waals surface area contributed by atoms with Crippen molar-refractivity contribution >= 4 is 8.03 Å². The van der Waals surface area contributed by atoms with E-state index in [2.05, 4.69) is 53.4 Å². The molecular formula is C18H23NO2P+. The third-order valence-electron chi connectivity index (χ3n) is 3.37. The van der Waals surface area contributed by atoms with Gasteiger partial charge < -0.3 is 0 Å². The fraction of sp³-hybridized carbons (Fsp3) is 0.333. The molecule has 0 bridgehead atoms. The molecule has 0 amide bonds. The van der Waals surface area contributed by atoms with E-state index in [1.54, 1.807) is 0 Å². The van der Waals surface area contributed by atoms with E-state index in [9.17, 15) is 4.57 Å². The highest BCUT2D eigenvalue weighted by Crippen LogP contribution is 2.22. The highest BCUT2D eigenvalue weighted by molar-refractivity contribution is 7.39. The first-order valence-electron chi connectivity index (χ1n) is 7.65. The molecule has 0 aliphatic rings. The van der Waals surface area contributed by atoms with Crippen molar-refractivity contribution in [2.75, 3.05) is 19.3 Å². The number of hydrogen-bond donors (Lipinski definition) is 0. The fourth-order valence-electron chi connectivity index (χ4n) is 2.33. The summed E-state index contributed by atoms with van der Waals surface area (Å²) < 4.78 is 16.9. The zero-order valence-electron chi connectivity index (χ0n) is 13.0. The highest BCUT2D eigenvalue weighted by atomic mass is 31.1. The third-order valence-corrected chi connectivity index (χ3v) is 4.48. The standard InChI is InChI=1S/C18H23NO2P/c1-2-21-22(20)14-13-19(15-17-9-5-3-6-10-17)16-18-11-7-4-8-12-18/h3-12H,2,13-16H2,1H3/q+1. The Morgan fingerprint density at radius 1 is 0.909 bits per heavy atom. The van der Waals surface area contributed by atoms with Gasteiger partial charge in [0, 0.05) is 19.6 Å². The average Bonchev–Trinajstić information content (AvgIpc) is 2.55. The number of rotatable bonds is 9. The summed E-state index contributed by atoms with van der Waals surface area (Å²) in [7, 11) is -1.55. The molecule has 4 heteroatoms. The number of benzene rings is 2. The third kappa shape index (κ3) is 6.07. The van der Waals surface area contributed by atoms with Crippen LogP contribution in [0.15, 0.2) is 60.7 Å². The quantitative estimate of drug-likeness (QED) is 0.639. The molecule has 1 atom stereocenters. The minimum absolute atomic E-state index is 0.507. The Morgan fingerprint density at radius 3 is 1.86 bits per heavy atom. The van der Waals surface area contributed by atoms with Crippen LogP contribution in [-0.4, -0.2) is 24.2 Å². The Morgan fingerprint density at radius 2 is 1.41 bits per heavy atom. The van der Waals surface area contributed by atoms with Crippen molar-refractivity contribution < 1.29 is 9.09 Å². The van der Waals surface area contributed by atoms with Gasteiger partial charge in [0.25, 0.3) is 0 Å². The Labute approximate surface area is 133 Å². The smallest absolute Gasteiger partial charge is 0.291 e. The van der Waals surface area contributed by atoms with Gasteiger partial charge in [-0.3, -0.25) is 4.90 Å². The lowest BCUT2D eigenvalue weighted by Gasteiger charge is -2.20. The molecule has 0 aliphatic heterocycles. The number of hydrogen-bond acceptors (Lipinski definition) is 3. The Hall–Kier alpha value is -1.54. The van der Waals surface area contributed by atoms with E-state index in [-0.39, 0.29) is 0 Å². The second-order valence-corrected chi connectivity index (χ2v) is 6.53. The minimum Gasteiger partial charge on any atom is -0.291 e. The first-order valence-corrected chi connectivity index (χ1v) is 9.02. The van der Waals surface area contributed by atoms with Crippen LogP contribution in [0.4, 0.5) is 0 Å². The summed E-state index contributed by atoms with van der Waals surface area (Å²) in [6, 6.07) is 20.8. The summed E-state index contributed by atoms with van der Waals surface area (Å²) in [5.41, 5.74) is 2.54. The average molecular weight is 316 g/mol. The molecule has 0 aliphatic carbocycles. The molecule has 0 aromatic heterocycles. The van der Waals surface area contributed by atoms with Crippen molar-refractivity contribution in [1.82, 2.24) is 4.90 Å². The lowest BCUT2D eigenvalue weighted by molar-refractivity contribution is 0.267. The topological polar surface area (TPSA) is 29.5 Å². The normalized spacial score (nSPS) is 11.6. The van der Waals surface area contributed by atoms with Gasteiger partial charge in [0.1, 0.15) is 0 Å². The zero-order chi connectivity index (χ0) is 15.6. The molecule has 116 valence electrons. The van der Waals surface area contributed by atoms with Gasteiger partial charge in [0.2, 0.25) is 0 Å². The maximum Gasteiger partial charge on any atom is 0.509 e. The van der Waals surface area contributed by atoms with Crippen molar-refractivity contribution in [1.29, 1.82) is 0 Å². The Balaban J connectivity index is 1.98. The summed E-state index contributed by atoms with van der Waals surface area (Å²) in [5.74, 6) is 0. The Bertz CT molecular complexity index is 518. The van der Waals surface area contributed by atoms with Crippen molar-refractivity contribution in [2.24, 2.45) is 0 Å². The van der Waals surface area contributed by atoms with Crippen molar-refractivity contribution in [3.63, 3.8) is 0 Å². The summed E-state index contributed by atoms with van der Waals surface area (Å²) in [6.45, 7) is 4.85. The van der Waals surface area contributed by atoms with Gasteiger partial charge in [0.05, 0.1) is 6.61 Å². The first-order chi connectivity index (χ1) is 10.8. The molecule has 2 aromatic carbocycles. The molecule has 0 fully saturated rings. The van der Waals surface area contributed by atoms with Gasteiger partial charge in [0.15, 0.2) is 6.16 Å². The van der Waals surface area contributed by atoms with Gasteiger partial charge in [-0.15, -0.1) is 4.52 Å². The van der Waals surface area contributed by atoms with Gasteiger partial charge in [-0.25, -0.2) is 0 Å². The van der Waals surface area contributed by atoms with E-state index in [1.807, 2.05) is 19.1 Å². The van der Waals surface area contributed by atoms with E-state index in [0.29, 0.717) is 12.8 Å². The SMILES string of the molecule is CCO[P+](=O)CCN(Cc1ccccc1)Cc1ccccc1. The highest BCUT2D eigenvalue weighted by Gasteiger charge is 2.18. The van der Waals surface area contributed by atoms with E-state index >= 15 is 0 Å². The van der Waals surface area contributed by atoms with Gasteiger partial charge in [-0.1, -0.05) is 60.7 Å². The van der Waals surface area contributed by atoms with Crippen LogP contribution in [-0.2, 0) is 22.2 Å². The van der Waals surface area contributed by atoms with Crippen LogP contribution in [0.25, 0.3) is 0 Å². The first kappa shape index (κ1) is 16.8. The van der Waals surface area contributed by atoms with Crippen LogP contribution in [0, 0.1) is 0 Å². The summed E-state index contributed by atoms with van der Waals surface area (Å²) in [5, 5.41) is 0. The molecule has 3 nitrogen and oxygen atoms in total. The van der Waals surface area contributed by atoms with E-state index in [0.717, 1.165) is 19.6 Å². The maximum atomic E-state index is 11.8. The summed E-state index contributed by atoms with van der Waals surface area (Å²) in [4.78, 5) is 2.32. The summed E-state index contributed by atoms with van der Waals surface area (Å²) >= 11 is 0. The van der Waals surface area contributed by atoms with Gasteiger partial charge in [-0.2, -0.15) is 0 Å². The van der Waals surface area contributed by atoms with Crippen LogP contribution in [0.1, 0.15) is 18.1 Å². The lowest BCUT2D eigenvalue weighted by atomic mass is 10.1. The van der Waals surface area contributed by atoms with E-state index in [4.69, 9.17) is 4.52 Å². The van der Waals surface area contributed by atoms with Crippen LogP contribution >= 0.6 is 8.03 Å². The molecule has 0 saturated heterocycles. The van der Waals surface area contributed by atoms with Crippen LogP contribution in [0.3, 0.4) is 0 Å². The molecular weight excluding hydrogens is 293 g/mol. The monoisotopic (exact) mass is 316 g/mol. The second-order valence-electron chi connectivity index (χ2n) is 5.16. The van der Waals surface area contributed by atoms with Crippen molar-refractivity contribution in [2.45, 2.75) is 20.0 Å². The predicted molar refractivity (Wildman–Crippen MR) is 91.1 cm³/mol. The molecule has 22 heavy (non-hydrogen) atoms. The van der Waals surface area contributed by atoms with Gasteiger partial charge >= 0.3 is 8.03 Å². The van der Waals surface area contributed by atoms with Crippen molar-refractivity contribution in [3.05, 3.63) is 71.8 Å².